The van der Waals surface area contributed by atoms with E-state index in [4.69, 9.17) is 0 Å². The van der Waals surface area contributed by atoms with Gasteiger partial charge in [-0.2, -0.15) is 10.2 Å². The summed E-state index contributed by atoms with van der Waals surface area (Å²) in [6.07, 6.45) is 1.28. The number of aromatic nitrogens is 2. The van der Waals surface area contributed by atoms with Crippen molar-refractivity contribution in [1.82, 2.24) is 15.6 Å². The fraction of sp³-hybridized carbons (Fsp3) is 0. The molecule has 0 atom stereocenters. The number of aromatic amines is 1. The van der Waals surface area contributed by atoms with Crippen molar-refractivity contribution < 1.29 is 15.0 Å². The fourth-order valence-electron chi connectivity index (χ4n) is 2.06. The SMILES string of the molecule is O=C(N/N=C\c1ccc(O)cc1O)c1cc(-c2ccccc2)n[nH]1. The van der Waals surface area contributed by atoms with E-state index in [1.807, 2.05) is 30.3 Å². The van der Waals surface area contributed by atoms with Crippen molar-refractivity contribution in [1.29, 1.82) is 0 Å². The van der Waals surface area contributed by atoms with Gasteiger partial charge in [-0.05, 0) is 18.2 Å². The van der Waals surface area contributed by atoms with Crippen LogP contribution in [0.5, 0.6) is 11.5 Å². The first-order valence-corrected chi connectivity index (χ1v) is 7.10. The van der Waals surface area contributed by atoms with Crippen molar-refractivity contribution in [3.8, 4) is 22.8 Å². The molecule has 4 N–H and O–H groups in total. The number of rotatable bonds is 4. The Morgan fingerprint density at radius 1 is 1.12 bits per heavy atom. The van der Waals surface area contributed by atoms with E-state index in [9.17, 15) is 15.0 Å². The van der Waals surface area contributed by atoms with Crippen molar-refractivity contribution in [2.45, 2.75) is 0 Å². The molecular formula is C17H14N4O3. The van der Waals surface area contributed by atoms with Crippen LogP contribution >= 0.6 is 0 Å². The largest absolute Gasteiger partial charge is 0.508 e. The van der Waals surface area contributed by atoms with Crippen LogP contribution in [-0.2, 0) is 0 Å². The number of carbonyl (C=O) groups excluding carboxylic acids is 1. The van der Waals surface area contributed by atoms with Crippen LogP contribution in [0.3, 0.4) is 0 Å². The van der Waals surface area contributed by atoms with Crippen molar-refractivity contribution in [3.05, 3.63) is 65.9 Å². The van der Waals surface area contributed by atoms with Crippen LogP contribution in [0.15, 0.2) is 59.7 Å². The summed E-state index contributed by atoms with van der Waals surface area (Å²) in [4.78, 5) is 12.0. The summed E-state index contributed by atoms with van der Waals surface area (Å²) < 4.78 is 0. The highest BCUT2D eigenvalue weighted by Gasteiger charge is 2.10. The predicted octanol–water partition coefficient (Wildman–Crippen LogP) is 2.25. The normalized spacial score (nSPS) is 10.8. The van der Waals surface area contributed by atoms with Gasteiger partial charge in [-0.3, -0.25) is 9.89 Å². The molecule has 0 aliphatic carbocycles. The molecule has 2 aromatic carbocycles. The number of carbonyl (C=O) groups is 1. The van der Waals surface area contributed by atoms with E-state index in [2.05, 4.69) is 20.7 Å². The molecule has 1 amide bonds. The molecular weight excluding hydrogens is 308 g/mol. The lowest BCUT2D eigenvalue weighted by Gasteiger charge is -1.99. The Hall–Kier alpha value is -3.61. The maximum Gasteiger partial charge on any atom is 0.289 e. The number of hydrogen-bond acceptors (Lipinski definition) is 5. The Balaban J connectivity index is 1.67. The minimum Gasteiger partial charge on any atom is -0.508 e. The lowest BCUT2D eigenvalue weighted by Crippen LogP contribution is -2.18. The Bertz CT molecular complexity index is 888. The molecule has 0 fully saturated rings. The standard InChI is InChI=1S/C17H14N4O3/c22-13-7-6-12(16(23)8-13)10-18-21-17(24)15-9-14(19-20-15)11-4-2-1-3-5-11/h1-10,22-23H,(H,19,20)(H,21,24)/b18-10-. The molecule has 1 heterocycles. The van der Waals surface area contributed by atoms with Crippen molar-refractivity contribution in [2.75, 3.05) is 0 Å². The van der Waals surface area contributed by atoms with Crippen LogP contribution in [0, 0.1) is 0 Å². The molecule has 0 saturated heterocycles. The van der Waals surface area contributed by atoms with Gasteiger partial charge in [0.05, 0.1) is 11.9 Å². The highest BCUT2D eigenvalue weighted by molar-refractivity contribution is 5.94. The number of hydrogen-bond donors (Lipinski definition) is 4. The first-order chi connectivity index (χ1) is 11.6. The third kappa shape index (κ3) is 3.41. The van der Waals surface area contributed by atoms with Gasteiger partial charge in [-0.1, -0.05) is 30.3 Å². The minimum atomic E-state index is -0.459. The minimum absolute atomic E-state index is 0.0559. The van der Waals surface area contributed by atoms with Crippen molar-refractivity contribution in [3.63, 3.8) is 0 Å². The molecule has 24 heavy (non-hydrogen) atoms. The first-order valence-electron chi connectivity index (χ1n) is 7.10. The third-order valence-electron chi connectivity index (χ3n) is 3.28. The molecule has 0 radical (unpaired) electrons. The van der Waals surface area contributed by atoms with Gasteiger partial charge in [-0.25, -0.2) is 5.43 Å². The number of phenolic OH excluding ortho intramolecular Hbond substituents is 2. The molecule has 0 spiro atoms. The molecule has 0 saturated carbocycles. The van der Waals surface area contributed by atoms with Gasteiger partial charge in [0.1, 0.15) is 17.2 Å². The Kier molecular flexibility index (Phi) is 4.24. The van der Waals surface area contributed by atoms with Crippen LogP contribution < -0.4 is 5.43 Å². The van der Waals surface area contributed by atoms with Crippen LogP contribution in [0.1, 0.15) is 16.1 Å². The summed E-state index contributed by atoms with van der Waals surface area (Å²) in [6, 6.07) is 15.1. The summed E-state index contributed by atoms with van der Waals surface area (Å²) in [6.45, 7) is 0. The Labute approximate surface area is 137 Å². The average Bonchev–Trinajstić information content (AvgIpc) is 3.08. The van der Waals surface area contributed by atoms with Gasteiger partial charge in [0.15, 0.2) is 0 Å². The van der Waals surface area contributed by atoms with E-state index >= 15 is 0 Å². The van der Waals surface area contributed by atoms with Gasteiger partial charge in [-0.15, -0.1) is 0 Å². The van der Waals surface area contributed by atoms with Crippen LogP contribution in [0.4, 0.5) is 0 Å². The summed E-state index contributed by atoms with van der Waals surface area (Å²) >= 11 is 0. The van der Waals surface area contributed by atoms with Crippen LogP contribution in [0.25, 0.3) is 11.3 Å². The summed E-state index contributed by atoms with van der Waals surface area (Å²) in [5, 5.41) is 29.4. The lowest BCUT2D eigenvalue weighted by molar-refractivity contribution is 0.0950. The van der Waals surface area contributed by atoms with E-state index in [-0.39, 0.29) is 17.2 Å². The first kappa shape index (κ1) is 15.3. The Morgan fingerprint density at radius 3 is 2.67 bits per heavy atom. The maximum atomic E-state index is 12.0. The van der Waals surface area contributed by atoms with E-state index in [0.717, 1.165) is 5.56 Å². The van der Waals surface area contributed by atoms with Gasteiger partial charge >= 0.3 is 0 Å². The topological polar surface area (TPSA) is 111 Å². The van der Waals surface area contributed by atoms with Crippen LogP contribution in [0.2, 0.25) is 0 Å². The molecule has 0 aliphatic heterocycles. The number of H-pyrrole nitrogens is 1. The fourth-order valence-corrected chi connectivity index (χ4v) is 2.06. The second-order valence-corrected chi connectivity index (χ2v) is 4.98. The molecule has 0 unspecified atom stereocenters. The number of benzene rings is 2. The highest BCUT2D eigenvalue weighted by Crippen LogP contribution is 2.20. The highest BCUT2D eigenvalue weighted by atomic mass is 16.3. The monoisotopic (exact) mass is 322 g/mol. The van der Waals surface area contributed by atoms with Gasteiger partial charge < -0.3 is 10.2 Å². The molecule has 3 aromatic rings. The molecule has 7 heteroatoms. The summed E-state index contributed by atoms with van der Waals surface area (Å²) in [5.41, 5.74) is 4.52. The number of hydrazone groups is 1. The van der Waals surface area contributed by atoms with Crippen molar-refractivity contribution in [2.24, 2.45) is 5.10 Å². The lowest BCUT2D eigenvalue weighted by atomic mass is 10.1. The molecule has 120 valence electrons. The Morgan fingerprint density at radius 2 is 1.92 bits per heavy atom. The zero-order valence-electron chi connectivity index (χ0n) is 12.5. The summed E-state index contributed by atoms with van der Waals surface area (Å²) in [7, 11) is 0. The molecule has 7 nitrogen and oxygen atoms in total. The number of phenols is 2. The third-order valence-corrected chi connectivity index (χ3v) is 3.28. The summed E-state index contributed by atoms with van der Waals surface area (Å²) in [5.74, 6) is -0.653. The number of aromatic hydroxyl groups is 2. The van der Waals surface area contributed by atoms with E-state index in [1.165, 1.54) is 24.4 Å². The van der Waals surface area contributed by atoms with E-state index < -0.39 is 5.91 Å². The zero-order valence-corrected chi connectivity index (χ0v) is 12.5. The van der Waals surface area contributed by atoms with E-state index in [1.54, 1.807) is 6.07 Å². The second kappa shape index (κ2) is 6.66. The predicted molar refractivity (Wildman–Crippen MR) is 88.9 cm³/mol. The number of nitrogens with one attached hydrogen (secondary N) is 2. The average molecular weight is 322 g/mol. The number of amides is 1. The molecule has 0 aliphatic rings. The molecule has 3 rings (SSSR count). The zero-order chi connectivity index (χ0) is 16.9. The van der Waals surface area contributed by atoms with Gasteiger partial charge in [0, 0.05) is 17.2 Å². The van der Waals surface area contributed by atoms with Gasteiger partial charge in [0.25, 0.3) is 5.91 Å². The second-order valence-electron chi connectivity index (χ2n) is 4.98. The smallest absolute Gasteiger partial charge is 0.289 e. The van der Waals surface area contributed by atoms with E-state index in [0.29, 0.717) is 11.3 Å². The van der Waals surface area contributed by atoms with Crippen molar-refractivity contribution >= 4 is 12.1 Å². The molecule has 1 aromatic heterocycles. The maximum absolute atomic E-state index is 12.0. The van der Waals surface area contributed by atoms with Crippen LogP contribution in [-0.4, -0.2) is 32.5 Å². The molecule has 0 bridgehead atoms. The number of nitrogens with zero attached hydrogens (tertiary/aromatic N) is 2. The van der Waals surface area contributed by atoms with Gasteiger partial charge in [0.2, 0.25) is 0 Å². The quantitative estimate of drug-likeness (QED) is 0.436.